The quantitative estimate of drug-likeness (QED) is 0.437. The van der Waals surface area contributed by atoms with Gasteiger partial charge in [0.1, 0.15) is 29.7 Å². The molecule has 0 aliphatic carbocycles. The summed E-state index contributed by atoms with van der Waals surface area (Å²) in [5.74, 6) is 4.76. The van der Waals surface area contributed by atoms with Crippen LogP contribution >= 0.6 is 11.8 Å². The molecular weight excluding hydrogens is 412 g/mol. The van der Waals surface area contributed by atoms with Crippen LogP contribution in [0.5, 0.6) is 5.75 Å². The van der Waals surface area contributed by atoms with Gasteiger partial charge in [0, 0.05) is 0 Å². The third-order valence-corrected chi connectivity index (χ3v) is 5.22. The van der Waals surface area contributed by atoms with Crippen molar-refractivity contribution in [1.82, 2.24) is 14.9 Å². The van der Waals surface area contributed by atoms with Crippen molar-refractivity contribution in [2.45, 2.75) is 37.8 Å². The molecule has 1 aromatic heterocycles. The van der Waals surface area contributed by atoms with Crippen LogP contribution in [0.4, 0.5) is 14.5 Å². The number of nitrogens with zero attached hydrogens (tertiary/aromatic N) is 3. The van der Waals surface area contributed by atoms with E-state index in [1.54, 1.807) is 6.92 Å². The molecule has 0 fully saturated rings. The molecule has 3 N–H and O–H groups in total. The van der Waals surface area contributed by atoms with Gasteiger partial charge in [0.05, 0.1) is 5.25 Å². The maximum atomic E-state index is 13.7. The number of anilines is 1. The minimum Gasteiger partial charge on any atom is -0.486 e. The Bertz CT molecular complexity index is 1030. The molecule has 0 bridgehead atoms. The number of halogens is 2. The molecule has 0 spiro atoms. The highest BCUT2D eigenvalue weighted by Crippen LogP contribution is 2.24. The third kappa shape index (κ3) is 5.07. The lowest BCUT2D eigenvalue weighted by atomic mass is 10.1. The zero-order chi connectivity index (χ0) is 21.8. The van der Waals surface area contributed by atoms with Crippen LogP contribution in [0.3, 0.4) is 0 Å². The van der Waals surface area contributed by atoms with Gasteiger partial charge in [-0.2, -0.15) is 0 Å². The maximum Gasteiger partial charge on any atom is 0.237 e. The molecule has 1 unspecified atom stereocenters. The second-order valence-electron chi connectivity index (χ2n) is 6.73. The molecule has 7 nitrogen and oxygen atoms in total. The first-order valence-electron chi connectivity index (χ1n) is 9.06. The number of hydrogen-bond acceptors (Lipinski definition) is 6. The van der Waals surface area contributed by atoms with Crippen molar-refractivity contribution in [3.63, 3.8) is 0 Å². The molecule has 0 saturated heterocycles. The van der Waals surface area contributed by atoms with Crippen LogP contribution in [-0.4, -0.2) is 26.0 Å². The highest BCUT2D eigenvalue weighted by atomic mass is 32.2. The van der Waals surface area contributed by atoms with Gasteiger partial charge in [-0.05, 0) is 56.2 Å². The van der Waals surface area contributed by atoms with E-state index in [-0.39, 0.29) is 11.8 Å². The van der Waals surface area contributed by atoms with Gasteiger partial charge in [0.2, 0.25) is 11.1 Å². The Morgan fingerprint density at radius 2 is 1.83 bits per heavy atom. The highest BCUT2D eigenvalue weighted by Gasteiger charge is 2.21. The Balaban J connectivity index is 1.63. The molecule has 10 heteroatoms. The third-order valence-electron chi connectivity index (χ3n) is 4.16. The van der Waals surface area contributed by atoms with Gasteiger partial charge in [0.15, 0.2) is 5.82 Å². The fourth-order valence-corrected chi connectivity index (χ4v) is 3.49. The number of nitrogens with one attached hydrogen (secondary N) is 1. The average molecular weight is 433 g/mol. The average Bonchev–Trinajstić information content (AvgIpc) is 3.02. The summed E-state index contributed by atoms with van der Waals surface area (Å²) in [4.78, 5) is 12.3. The van der Waals surface area contributed by atoms with Crippen LogP contribution in [0.1, 0.15) is 23.9 Å². The second-order valence-corrected chi connectivity index (χ2v) is 8.03. The zero-order valence-electron chi connectivity index (χ0n) is 16.6. The van der Waals surface area contributed by atoms with Gasteiger partial charge in [-0.15, -0.1) is 10.2 Å². The van der Waals surface area contributed by atoms with E-state index in [1.807, 2.05) is 32.0 Å². The molecule has 0 aliphatic rings. The van der Waals surface area contributed by atoms with Crippen molar-refractivity contribution in [2.75, 3.05) is 11.2 Å². The predicted molar refractivity (Wildman–Crippen MR) is 111 cm³/mol. The van der Waals surface area contributed by atoms with Gasteiger partial charge in [-0.25, -0.2) is 13.5 Å². The van der Waals surface area contributed by atoms with Crippen LogP contribution in [0.15, 0.2) is 41.6 Å². The highest BCUT2D eigenvalue weighted by molar-refractivity contribution is 8.00. The first-order valence-corrected chi connectivity index (χ1v) is 9.94. The molecular formula is C20H21F2N5O2S. The van der Waals surface area contributed by atoms with Gasteiger partial charge in [0.25, 0.3) is 0 Å². The summed E-state index contributed by atoms with van der Waals surface area (Å²) in [5, 5.41) is 9.75. The Kier molecular flexibility index (Phi) is 6.56. The number of para-hydroxylation sites is 1. The van der Waals surface area contributed by atoms with Crippen LogP contribution in [-0.2, 0) is 11.4 Å². The number of aromatic nitrogens is 3. The lowest BCUT2D eigenvalue weighted by Gasteiger charge is -2.12. The Morgan fingerprint density at radius 1 is 1.20 bits per heavy atom. The van der Waals surface area contributed by atoms with Crippen molar-refractivity contribution in [1.29, 1.82) is 0 Å². The topological polar surface area (TPSA) is 95.1 Å². The molecule has 2 aromatic carbocycles. The summed E-state index contributed by atoms with van der Waals surface area (Å²) in [6.45, 7) is 5.60. The molecule has 1 amide bonds. The number of benzene rings is 2. The monoisotopic (exact) mass is 433 g/mol. The summed E-state index contributed by atoms with van der Waals surface area (Å²) in [7, 11) is 0. The Hall–Kier alpha value is -3.14. The van der Waals surface area contributed by atoms with Crippen LogP contribution in [0.25, 0.3) is 0 Å². The largest absolute Gasteiger partial charge is 0.486 e. The number of thioether (sulfide) groups is 1. The SMILES string of the molecule is Cc1cc(C)cc(OCc2nnc(SC(C)C(=O)Nc3c(F)cccc3F)n2N)c1. The molecule has 0 aliphatic heterocycles. The van der Waals surface area contributed by atoms with Gasteiger partial charge >= 0.3 is 0 Å². The van der Waals surface area contributed by atoms with Crippen molar-refractivity contribution in [2.24, 2.45) is 0 Å². The van der Waals surface area contributed by atoms with Crippen LogP contribution in [0.2, 0.25) is 0 Å². The van der Waals surface area contributed by atoms with Gasteiger partial charge in [-0.1, -0.05) is 23.9 Å². The molecule has 158 valence electrons. The first-order chi connectivity index (χ1) is 14.2. The van der Waals surface area contributed by atoms with Crippen molar-refractivity contribution in [3.05, 3.63) is 65.0 Å². The lowest BCUT2D eigenvalue weighted by Crippen LogP contribution is -2.25. The van der Waals surface area contributed by atoms with Crippen LogP contribution in [0, 0.1) is 25.5 Å². The zero-order valence-corrected chi connectivity index (χ0v) is 17.5. The molecule has 0 radical (unpaired) electrons. The van der Waals surface area contributed by atoms with Crippen molar-refractivity contribution in [3.8, 4) is 5.75 Å². The van der Waals surface area contributed by atoms with E-state index in [4.69, 9.17) is 10.6 Å². The maximum absolute atomic E-state index is 13.7. The summed E-state index contributed by atoms with van der Waals surface area (Å²) in [6.07, 6.45) is 0. The minimum absolute atomic E-state index is 0.0912. The summed E-state index contributed by atoms with van der Waals surface area (Å²) >= 11 is 1.01. The second kappa shape index (κ2) is 9.12. The summed E-state index contributed by atoms with van der Waals surface area (Å²) in [5.41, 5.74) is 1.65. The molecule has 3 rings (SSSR count). The van der Waals surface area contributed by atoms with Crippen molar-refractivity contribution >= 4 is 23.4 Å². The number of nitrogen functional groups attached to an aromatic ring is 1. The molecule has 3 aromatic rings. The number of carbonyl (C=O) groups excluding carboxylic acids is 1. The Morgan fingerprint density at radius 3 is 2.47 bits per heavy atom. The van der Waals surface area contributed by atoms with Gasteiger partial charge < -0.3 is 15.9 Å². The molecule has 0 saturated carbocycles. The van der Waals surface area contributed by atoms with E-state index in [1.165, 1.54) is 10.7 Å². The number of ether oxygens (including phenoxy) is 1. The fraction of sp³-hybridized carbons (Fsp3) is 0.250. The Labute approximate surface area is 176 Å². The standard InChI is InChI=1S/C20H21F2N5O2S/c1-11-7-12(2)9-14(8-11)29-10-17-25-26-20(27(17)23)30-13(3)19(28)24-18-15(21)5-4-6-16(18)22/h4-9,13H,10,23H2,1-3H3,(H,24,28). The number of hydrogen-bond donors (Lipinski definition) is 2. The first kappa shape index (κ1) is 21.6. The van der Waals surface area contributed by atoms with Crippen LogP contribution < -0.4 is 15.9 Å². The number of rotatable bonds is 7. The smallest absolute Gasteiger partial charge is 0.237 e. The van der Waals surface area contributed by atoms with E-state index < -0.39 is 28.5 Å². The number of amides is 1. The minimum atomic E-state index is -0.853. The lowest BCUT2D eigenvalue weighted by molar-refractivity contribution is -0.115. The normalized spacial score (nSPS) is 11.9. The summed E-state index contributed by atoms with van der Waals surface area (Å²) < 4.78 is 34.4. The van der Waals surface area contributed by atoms with E-state index in [2.05, 4.69) is 15.5 Å². The van der Waals surface area contributed by atoms with E-state index in [9.17, 15) is 13.6 Å². The van der Waals surface area contributed by atoms with Crippen molar-refractivity contribution < 1.29 is 18.3 Å². The number of aryl methyl sites for hydroxylation is 2. The number of carbonyl (C=O) groups is 1. The van der Waals surface area contributed by atoms with E-state index in [0.717, 1.165) is 35.0 Å². The molecule has 1 heterocycles. The van der Waals surface area contributed by atoms with E-state index in [0.29, 0.717) is 11.6 Å². The predicted octanol–water partition coefficient (Wildman–Crippen LogP) is 3.59. The fourth-order valence-electron chi connectivity index (χ4n) is 2.70. The van der Waals surface area contributed by atoms with E-state index >= 15 is 0 Å². The number of nitrogens with two attached hydrogens (primary N) is 1. The molecule has 30 heavy (non-hydrogen) atoms. The summed E-state index contributed by atoms with van der Waals surface area (Å²) in [6, 6.07) is 9.18. The van der Waals surface area contributed by atoms with Gasteiger partial charge in [-0.3, -0.25) is 4.79 Å². The molecule has 1 atom stereocenters.